The third-order valence-electron chi connectivity index (χ3n) is 7.42. The summed E-state index contributed by atoms with van der Waals surface area (Å²) in [6, 6.07) is 2.00. The van der Waals surface area contributed by atoms with Crippen LogP contribution >= 0.6 is 23.1 Å². The molecule has 0 aliphatic carbocycles. The molecule has 3 rings (SSSR count). The molecule has 2 heterocycles. The van der Waals surface area contributed by atoms with Crippen LogP contribution in [0.25, 0.3) is 10.9 Å². The molecule has 9 heteroatoms. The summed E-state index contributed by atoms with van der Waals surface area (Å²) in [5.41, 5.74) is -0.0285. The van der Waals surface area contributed by atoms with E-state index in [0.717, 1.165) is 65.8 Å². The van der Waals surface area contributed by atoms with Gasteiger partial charge in [-0.1, -0.05) is 0 Å². The Kier molecular flexibility index (Phi) is 11.2. The Morgan fingerprint density at radius 1 is 1.05 bits per heavy atom. The van der Waals surface area contributed by atoms with E-state index in [-0.39, 0.29) is 11.9 Å². The van der Waals surface area contributed by atoms with Gasteiger partial charge in [0.25, 0.3) is 0 Å². The Balaban J connectivity index is 1.92. The minimum atomic E-state index is -3.09. The summed E-state index contributed by atoms with van der Waals surface area (Å²) in [5, 5.41) is 2.38. The van der Waals surface area contributed by atoms with Gasteiger partial charge >= 0.3 is 216 Å². The number of aromatic nitrogens is 1. The molecule has 0 unspecified atom stereocenters. The van der Waals surface area contributed by atoms with E-state index in [0.29, 0.717) is 36.7 Å². The van der Waals surface area contributed by atoms with Crippen molar-refractivity contribution >= 4 is 67.1 Å². The molecule has 1 fully saturated rings. The summed E-state index contributed by atoms with van der Waals surface area (Å²) in [7, 11) is 0. The molecular formula is C28H45ClFN3O2SSn. The van der Waals surface area contributed by atoms with E-state index in [2.05, 4.69) is 30.0 Å². The molecule has 1 saturated heterocycles. The molecule has 37 heavy (non-hydrogen) atoms. The van der Waals surface area contributed by atoms with E-state index in [1.807, 2.05) is 26.8 Å². The number of amides is 1. The predicted octanol–water partition coefficient (Wildman–Crippen LogP) is 8.20. The fraction of sp³-hybridized carbons (Fsp3) is 0.714. The molecule has 0 bridgehead atoms. The van der Waals surface area contributed by atoms with Gasteiger partial charge < -0.3 is 0 Å². The minimum absolute atomic E-state index is 0.142. The summed E-state index contributed by atoms with van der Waals surface area (Å²) in [5.74, 6) is -0.142. The average Bonchev–Trinajstić information content (AvgIpc) is 3.27. The van der Waals surface area contributed by atoms with Crippen molar-refractivity contribution in [1.82, 2.24) is 9.27 Å². The Morgan fingerprint density at radius 3 is 2.08 bits per heavy atom. The van der Waals surface area contributed by atoms with Crippen LogP contribution in [0.15, 0.2) is 6.07 Å². The SMILES string of the molecule is CCC[CH2][Sn]([CH2]CCC)([CH2]CCC)[c]1c(Cl)cc2c(N3CCN(C(=O)OC(C)(C)C)CC3)snc2c1F. The van der Waals surface area contributed by atoms with Crippen molar-refractivity contribution < 1.29 is 13.9 Å². The monoisotopic (exact) mass is 661 g/mol. The second-order valence-electron chi connectivity index (χ2n) is 11.5. The zero-order valence-corrected chi connectivity index (χ0v) is 28.0. The van der Waals surface area contributed by atoms with Gasteiger partial charge in [-0.25, -0.2) is 0 Å². The van der Waals surface area contributed by atoms with E-state index >= 15 is 4.39 Å². The van der Waals surface area contributed by atoms with E-state index in [4.69, 9.17) is 16.3 Å². The van der Waals surface area contributed by atoms with Crippen LogP contribution in [-0.2, 0) is 4.74 Å². The van der Waals surface area contributed by atoms with E-state index in [9.17, 15) is 4.79 Å². The number of carbonyl (C=O) groups is 1. The van der Waals surface area contributed by atoms with Crippen molar-refractivity contribution in [3.63, 3.8) is 0 Å². The maximum absolute atomic E-state index is 16.4. The number of piperazine rings is 1. The quantitative estimate of drug-likeness (QED) is 0.228. The first-order chi connectivity index (χ1) is 17.6. The molecule has 0 atom stereocenters. The van der Waals surface area contributed by atoms with Gasteiger partial charge in [0.15, 0.2) is 0 Å². The van der Waals surface area contributed by atoms with Crippen molar-refractivity contribution in [2.45, 2.75) is 99.0 Å². The molecule has 5 nitrogen and oxygen atoms in total. The Labute approximate surface area is 236 Å². The molecule has 1 aliphatic heterocycles. The summed E-state index contributed by atoms with van der Waals surface area (Å²) >= 11 is 5.29. The normalized spacial score (nSPS) is 15.0. The van der Waals surface area contributed by atoms with Crippen molar-refractivity contribution in [1.29, 1.82) is 0 Å². The Hall–Kier alpha value is -0.801. The summed E-state index contributed by atoms with van der Waals surface area (Å²) in [6.45, 7) is 14.8. The van der Waals surface area contributed by atoms with Gasteiger partial charge in [0.05, 0.1) is 0 Å². The first-order valence-corrected chi connectivity index (χ1v) is 22.7. The fourth-order valence-corrected chi connectivity index (χ4v) is 24.3. The second kappa shape index (κ2) is 13.5. The third kappa shape index (κ3) is 7.44. The number of hydrogen-bond donors (Lipinski definition) is 0. The molecule has 0 radical (unpaired) electrons. The number of benzene rings is 1. The number of ether oxygens (including phenoxy) is 1. The number of carbonyl (C=O) groups excluding carboxylic acids is 1. The number of halogens is 2. The number of fused-ring (bicyclic) bond motifs is 1. The molecule has 1 aromatic heterocycles. The van der Waals surface area contributed by atoms with Crippen molar-refractivity contribution in [3.05, 3.63) is 16.9 Å². The second-order valence-corrected chi connectivity index (χ2v) is 25.7. The van der Waals surface area contributed by atoms with E-state index in [1.165, 1.54) is 11.5 Å². The first-order valence-electron chi connectivity index (χ1n) is 14.1. The van der Waals surface area contributed by atoms with Crippen LogP contribution in [0.4, 0.5) is 14.2 Å². The molecule has 0 spiro atoms. The van der Waals surface area contributed by atoms with Crippen LogP contribution in [0.3, 0.4) is 0 Å². The summed E-state index contributed by atoms with van der Waals surface area (Å²) in [6.07, 6.45) is 6.58. The van der Waals surface area contributed by atoms with Crippen LogP contribution in [0.5, 0.6) is 0 Å². The topological polar surface area (TPSA) is 45.7 Å². The number of unbranched alkanes of at least 4 members (excludes halogenated alkanes) is 3. The first kappa shape index (κ1) is 30.7. The third-order valence-corrected chi connectivity index (χ3v) is 24.7. The number of rotatable bonds is 11. The molecule has 1 aromatic carbocycles. The van der Waals surface area contributed by atoms with Gasteiger partial charge in [-0.2, -0.15) is 0 Å². The molecular weight excluding hydrogens is 616 g/mol. The molecule has 0 saturated carbocycles. The molecule has 1 aliphatic rings. The number of anilines is 1. The van der Waals surface area contributed by atoms with Gasteiger partial charge in [0, 0.05) is 0 Å². The van der Waals surface area contributed by atoms with Gasteiger partial charge in [0.2, 0.25) is 0 Å². The Morgan fingerprint density at radius 2 is 1.59 bits per heavy atom. The number of nitrogens with zero attached hydrogens (tertiary/aromatic N) is 3. The van der Waals surface area contributed by atoms with Crippen LogP contribution in [0.2, 0.25) is 18.3 Å². The van der Waals surface area contributed by atoms with Crippen LogP contribution < -0.4 is 8.48 Å². The molecule has 1 amide bonds. The Bertz CT molecular complexity index is 1030. The van der Waals surface area contributed by atoms with Gasteiger partial charge in [0.1, 0.15) is 0 Å². The van der Waals surface area contributed by atoms with Crippen molar-refractivity contribution in [2.75, 3.05) is 31.1 Å². The van der Waals surface area contributed by atoms with Crippen LogP contribution in [0, 0.1) is 5.82 Å². The summed E-state index contributed by atoms with van der Waals surface area (Å²) in [4.78, 5) is 16.4. The number of hydrogen-bond acceptors (Lipinski definition) is 5. The summed E-state index contributed by atoms with van der Waals surface area (Å²) < 4.78 is 31.0. The van der Waals surface area contributed by atoms with Crippen molar-refractivity contribution in [2.24, 2.45) is 0 Å². The van der Waals surface area contributed by atoms with Gasteiger partial charge in [-0.05, 0) is 20.8 Å². The zero-order chi connectivity index (χ0) is 27.2. The molecule has 2 aromatic rings. The standard InChI is InChI=1S/C16H18ClFN3O2S.3C4H9.Sn/c1-16(2,3)23-15(22)21-6-4-20(5-7-21)14-11-8-10(17)9-12(18)13(11)19-24-14;3*1-3-4-2;/h8H,4-7H2,1-3H3;3*1,3-4H2,2H3;. The van der Waals surface area contributed by atoms with E-state index in [1.54, 1.807) is 4.90 Å². The molecule has 0 N–H and O–H groups in total. The van der Waals surface area contributed by atoms with Crippen LogP contribution in [0.1, 0.15) is 80.1 Å². The van der Waals surface area contributed by atoms with Crippen LogP contribution in [-0.4, -0.2) is 65.5 Å². The maximum atomic E-state index is 16.4. The average molecular weight is 661 g/mol. The van der Waals surface area contributed by atoms with Gasteiger partial charge in [-0.3, -0.25) is 0 Å². The van der Waals surface area contributed by atoms with Crippen molar-refractivity contribution in [3.8, 4) is 0 Å². The van der Waals surface area contributed by atoms with Gasteiger partial charge in [-0.15, -0.1) is 0 Å². The molecule has 208 valence electrons. The van der Waals surface area contributed by atoms with E-state index < -0.39 is 24.0 Å². The predicted molar refractivity (Wildman–Crippen MR) is 159 cm³/mol. The zero-order valence-electron chi connectivity index (χ0n) is 23.6. The fourth-order valence-electron chi connectivity index (χ4n) is 5.43.